The van der Waals surface area contributed by atoms with Crippen LogP contribution in [-0.4, -0.2) is 24.5 Å². The summed E-state index contributed by atoms with van der Waals surface area (Å²) in [6.45, 7) is -0.317. The van der Waals surface area contributed by atoms with Crippen molar-refractivity contribution in [2.24, 2.45) is 0 Å². The van der Waals surface area contributed by atoms with Crippen LogP contribution in [0.4, 0.5) is 10.1 Å². The Labute approximate surface area is 152 Å². The van der Waals surface area contributed by atoms with E-state index in [4.69, 9.17) is 4.74 Å². The molecule has 130 valence electrons. The van der Waals surface area contributed by atoms with E-state index < -0.39 is 11.7 Å². The molecule has 0 heterocycles. The molecule has 5 nitrogen and oxygen atoms in total. The molecule has 1 fully saturated rings. The molecule has 0 saturated heterocycles. The van der Waals surface area contributed by atoms with Crippen molar-refractivity contribution in [1.82, 2.24) is 5.32 Å². The third kappa shape index (κ3) is 5.03. The minimum atomic E-state index is -0.548. The maximum Gasteiger partial charge on any atom is 0.262 e. The van der Waals surface area contributed by atoms with Crippen molar-refractivity contribution in [2.75, 3.05) is 11.9 Å². The number of hydrogen-bond donors (Lipinski definition) is 2. The second kappa shape index (κ2) is 7.65. The van der Waals surface area contributed by atoms with Gasteiger partial charge in [-0.25, -0.2) is 4.39 Å². The largest absolute Gasteiger partial charge is 0.481 e. The van der Waals surface area contributed by atoms with Crippen LogP contribution in [0.2, 0.25) is 0 Å². The highest BCUT2D eigenvalue weighted by Crippen LogP contribution is 2.21. The van der Waals surface area contributed by atoms with Gasteiger partial charge in [0, 0.05) is 21.8 Å². The number of ether oxygens (including phenoxy) is 1. The van der Waals surface area contributed by atoms with E-state index in [2.05, 4.69) is 26.6 Å². The highest BCUT2D eigenvalue weighted by molar-refractivity contribution is 9.10. The molecule has 7 heteroatoms. The topological polar surface area (TPSA) is 67.4 Å². The van der Waals surface area contributed by atoms with Crippen molar-refractivity contribution >= 4 is 33.4 Å². The maximum absolute atomic E-state index is 13.6. The molecular weight excluding hydrogens is 391 g/mol. The molecule has 1 saturated carbocycles. The molecule has 2 aromatic rings. The van der Waals surface area contributed by atoms with Crippen molar-refractivity contribution in [2.45, 2.75) is 18.9 Å². The smallest absolute Gasteiger partial charge is 0.262 e. The maximum atomic E-state index is 13.6. The Hall–Kier alpha value is -2.41. The second-order valence-electron chi connectivity index (χ2n) is 5.74. The summed E-state index contributed by atoms with van der Waals surface area (Å²) in [5.41, 5.74) is 1.07. The van der Waals surface area contributed by atoms with Crippen LogP contribution in [-0.2, 0) is 4.79 Å². The normalized spacial score (nSPS) is 13.2. The predicted octanol–water partition coefficient (Wildman–Crippen LogP) is 3.50. The summed E-state index contributed by atoms with van der Waals surface area (Å²) < 4.78 is 19.4. The fourth-order valence-corrected chi connectivity index (χ4v) is 2.47. The van der Waals surface area contributed by atoms with Gasteiger partial charge in [0.2, 0.25) is 0 Å². The lowest BCUT2D eigenvalue weighted by atomic mass is 10.2. The van der Waals surface area contributed by atoms with Gasteiger partial charge in [0.1, 0.15) is 0 Å². The lowest BCUT2D eigenvalue weighted by Gasteiger charge is -2.09. The van der Waals surface area contributed by atoms with Crippen LogP contribution < -0.4 is 15.4 Å². The minimum absolute atomic E-state index is 0.00504. The average molecular weight is 407 g/mol. The molecule has 0 radical (unpaired) electrons. The van der Waals surface area contributed by atoms with E-state index in [9.17, 15) is 14.0 Å². The number of amides is 2. The fourth-order valence-electron chi connectivity index (χ4n) is 2.13. The van der Waals surface area contributed by atoms with Crippen LogP contribution in [0.3, 0.4) is 0 Å². The van der Waals surface area contributed by atoms with Crippen molar-refractivity contribution in [1.29, 1.82) is 0 Å². The first-order valence-electron chi connectivity index (χ1n) is 7.80. The van der Waals surface area contributed by atoms with Gasteiger partial charge in [0.25, 0.3) is 11.8 Å². The Morgan fingerprint density at radius 1 is 1.16 bits per heavy atom. The molecular formula is C18H16BrFN2O3. The summed E-state index contributed by atoms with van der Waals surface area (Å²) in [6, 6.07) is 11.2. The van der Waals surface area contributed by atoms with Crippen LogP contribution in [0.25, 0.3) is 0 Å². The molecule has 1 aliphatic carbocycles. The van der Waals surface area contributed by atoms with Crippen molar-refractivity contribution in [3.05, 3.63) is 58.3 Å². The molecule has 0 atom stereocenters. The lowest BCUT2D eigenvalue weighted by Crippen LogP contribution is -2.25. The number of hydrogen-bond acceptors (Lipinski definition) is 3. The van der Waals surface area contributed by atoms with Crippen LogP contribution in [0, 0.1) is 5.82 Å². The van der Waals surface area contributed by atoms with E-state index in [1.54, 1.807) is 30.3 Å². The van der Waals surface area contributed by atoms with Crippen molar-refractivity contribution < 1.29 is 18.7 Å². The molecule has 2 aromatic carbocycles. The van der Waals surface area contributed by atoms with E-state index in [0.29, 0.717) is 21.8 Å². The number of carbonyl (C=O) groups excluding carboxylic acids is 2. The van der Waals surface area contributed by atoms with Crippen molar-refractivity contribution in [3.63, 3.8) is 0 Å². The molecule has 1 aliphatic rings. The number of anilines is 1. The Kier molecular flexibility index (Phi) is 5.33. The average Bonchev–Trinajstić information content (AvgIpc) is 3.38. The Morgan fingerprint density at radius 2 is 1.88 bits per heavy atom. The van der Waals surface area contributed by atoms with Crippen LogP contribution in [0.1, 0.15) is 23.2 Å². The van der Waals surface area contributed by atoms with E-state index in [0.717, 1.165) is 12.8 Å². The highest BCUT2D eigenvalue weighted by Gasteiger charge is 2.23. The standard InChI is InChI=1S/C18H16BrFN2O3/c19-12-3-8-16(15(20)9-12)25-10-17(23)21-13-4-1-11(2-5-13)18(24)22-14-6-7-14/h1-5,8-9,14H,6-7,10H2,(H,21,23)(H,22,24). The zero-order valence-electron chi connectivity index (χ0n) is 13.2. The van der Waals surface area contributed by atoms with E-state index in [1.165, 1.54) is 12.1 Å². The first kappa shape index (κ1) is 17.4. The number of benzene rings is 2. The SMILES string of the molecule is O=C(COc1ccc(Br)cc1F)Nc1ccc(C(=O)NC2CC2)cc1. The number of nitrogens with one attached hydrogen (secondary N) is 2. The van der Waals surface area contributed by atoms with Gasteiger partial charge in [-0.2, -0.15) is 0 Å². The molecule has 0 aliphatic heterocycles. The Bertz CT molecular complexity index is 791. The van der Waals surface area contributed by atoms with Gasteiger partial charge in [-0.05, 0) is 55.3 Å². The Balaban J connectivity index is 1.51. The Morgan fingerprint density at radius 3 is 2.52 bits per heavy atom. The lowest BCUT2D eigenvalue weighted by molar-refractivity contribution is -0.118. The first-order chi connectivity index (χ1) is 12.0. The summed E-state index contributed by atoms with van der Waals surface area (Å²) >= 11 is 3.15. The number of carbonyl (C=O) groups is 2. The molecule has 0 bridgehead atoms. The second-order valence-corrected chi connectivity index (χ2v) is 6.65. The van der Waals surface area contributed by atoms with E-state index in [-0.39, 0.29) is 18.3 Å². The zero-order chi connectivity index (χ0) is 17.8. The first-order valence-corrected chi connectivity index (χ1v) is 8.59. The monoisotopic (exact) mass is 406 g/mol. The van der Waals surface area contributed by atoms with Crippen molar-refractivity contribution in [3.8, 4) is 5.75 Å². The highest BCUT2D eigenvalue weighted by atomic mass is 79.9. The van der Waals surface area contributed by atoms with Gasteiger partial charge in [0.05, 0.1) is 0 Å². The minimum Gasteiger partial charge on any atom is -0.481 e. The van der Waals surface area contributed by atoms with Gasteiger partial charge < -0.3 is 15.4 Å². The summed E-state index contributed by atoms with van der Waals surface area (Å²) in [5, 5.41) is 5.53. The molecule has 3 rings (SSSR count). The molecule has 25 heavy (non-hydrogen) atoms. The van der Waals surface area contributed by atoms with E-state index >= 15 is 0 Å². The molecule has 2 N–H and O–H groups in total. The van der Waals surface area contributed by atoms with Gasteiger partial charge in [-0.1, -0.05) is 15.9 Å². The van der Waals surface area contributed by atoms with Crippen LogP contribution in [0.5, 0.6) is 5.75 Å². The van der Waals surface area contributed by atoms with Crippen LogP contribution >= 0.6 is 15.9 Å². The third-order valence-electron chi connectivity index (χ3n) is 3.60. The molecule has 0 unspecified atom stereocenters. The van der Waals surface area contributed by atoms with Crippen LogP contribution in [0.15, 0.2) is 46.9 Å². The number of rotatable bonds is 6. The third-order valence-corrected chi connectivity index (χ3v) is 4.09. The summed E-state index contributed by atoms with van der Waals surface area (Å²) in [7, 11) is 0. The van der Waals surface area contributed by atoms with E-state index in [1.807, 2.05) is 0 Å². The van der Waals surface area contributed by atoms with Gasteiger partial charge in [0.15, 0.2) is 18.2 Å². The molecule has 2 amide bonds. The summed E-state index contributed by atoms with van der Waals surface area (Å²) in [5.74, 6) is -1.08. The molecule has 0 spiro atoms. The zero-order valence-corrected chi connectivity index (χ0v) is 14.8. The summed E-state index contributed by atoms with van der Waals surface area (Å²) in [6.07, 6.45) is 2.05. The van der Waals surface area contributed by atoms with Gasteiger partial charge in [-0.3, -0.25) is 9.59 Å². The predicted molar refractivity (Wildman–Crippen MR) is 95.2 cm³/mol. The summed E-state index contributed by atoms with van der Waals surface area (Å²) in [4.78, 5) is 23.8. The number of halogens is 2. The van der Waals surface area contributed by atoms with Gasteiger partial charge in [-0.15, -0.1) is 0 Å². The van der Waals surface area contributed by atoms with Gasteiger partial charge >= 0.3 is 0 Å². The quantitative estimate of drug-likeness (QED) is 0.771. The fraction of sp³-hybridized carbons (Fsp3) is 0.222. The molecule has 0 aromatic heterocycles.